The zero-order valence-electron chi connectivity index (χ0n) is 8.45. The van der Waals surface area contributed by atoms with Gasteiger partial charge < -0.3 is 4.74 Å². The summed E-state index contributed by atoms with van der Waals surface area (Å²) in [6.07, 6.45) is 1.23. The van der Waals surface area contributed by atoms with E-state index in [4.69, 9.17) is 16.3 Å². The third-order valence-corrected chi connectivity index (χ3v) is 2.37. The molecule has 0 N–H and O–H groups in total. The number of rotatable bonds is 2. The van der Waals surface area contributed by atoms with Crippen LogP contribution < -0.4 is 4.74 Å². The van der Waals surface area contributed by atoms with E-state index in [9.17, 15) is 4.39 Å². The Hall–Kier alpha value is -1.68. The fourth-order valence-electron chi connectivity index (χ4n) is 1.30. The summed E-state index contributed by atoms with van der Waals surface area (Å²) in [5.74, 6) is 0.0821. The third-order valence-electron chi connectivity index (χ3n) is 2.11. The second kappa shape index (κ2) is 4.45. The molecule has 1 aromatic carbocycles. The topological polar surface area (TPSA) is 35.0 Å². The van der Waals surface area contributed by atoms with Crippen molar-refractivity contribution in [3.8, 4) is 17.0 Å². The highest BCUT2D eigenvalue weighted by molar-refractivity contribution is 6.29. The van der Waals surface area contributed by atoms with Crippen LogP contribution in [0.1, 0.15) is 0 Å². The Morgan fingerprint density at radius 2 is 1.88 bits per heavy atom. The number of methoxy groups -OCH3 is 1. The number of hydrogen-bond donors (Lipinski definition) is 0. The SMILES string of the molecule is COc1ccc(-c2ncnc(Cl)c2F)cc1. The van der Waals surface area contributed by atoms with Crippen LogP contribution in [-0.2, 0) is 0 Å². The van der Waals surface area contributed by atoms with E-state index >= 15 is 0 Å². The first kappa shape index (κ1) is 10.8. The summed E-state index contributed by atoms with van der Waals surface area (Å²) in [5.41, 5.74) is 0.810. The Morgan fingerprint density at radius 3 is 2.50 bits per heavy atom. The molecule has 82 valence electrons. The highest BCUT2D eigenvalue weighted by Crippen LogP contribution is 2.25. The molecule has 0 fully saturated rings. The van der Waals surface area contributed by atoms with Crippen molar-refractivity contribution in [1.82, 2.24) is 9.97 Å². The second-order valence-corrected chi connectivity index (χ2v) is 3.41. The predicted molar refractivity (Wildman–Crippen MR) is 59.0 cm³/mol. The first-order valence-corrected chi connectivity index (χ1v) is 4.90. The van der Waals surface area contributed by atoms with Gasteiger partial charge in [0.15, 0.2) is 11.0 Å². The molecule has 0 aliphatic rings. The molecular weight excluding hydrogens is 231 g/mol. The molecule has 0 saturated carbocycles. The van der Waals surface area contributed by atoms with Crippen LogP contribution in [0.15, 0.2) is 30.6 Å². The van der Waals surface area contributed by atoms with E-state index in [-0.39, 0.29) is 10.8 Å². The number of nitrogens with zero attached hydrogens (tertiary/aromatic N) is 2. The lowest BCUT2D eigenvalue weighted by Gasteiger charge is -2.04. The van der Waals surface area contributed by atoms with Crippen molar-refractivity contribution in [2.45, 2.75) is 0 Å². The largest absolute Gasteiger partial charge is 0.497 e. The Labute approximate surface area is 96.9 Å². The molecule has 0 spiro atoms. The van der Waals surface area contributed by atoms with E-state index in [0.717, 1.165) is 0 Å². The normalized spacial score (nSPS) is 10.2. The highest BCUT2D eigenvalue weighted by Gasteiger charge is 2.10. The van der Waals surface area contributed by atoms with Crippen LogP contribution in [0.5, 0.6) is 5.75 Å². The smallest absolute Gasteiger partial charge is 0.186 e. The number of hydrogen-bond acceptors (Lipinski definition) is 3. The molecule has 1 heterocycles. The summed E-state index contributed by atoms with van der Waals surface area (Å²) in [6, 6.07) is 6.87. The van der Waals surface area contributed by atoms with E-state index in [2.05, 4.69) is 9.97 Å². The molecule has 16 heavy (non-hydrogen) atoms. The Balaban J connectivity index is 2.46. The van der Waals surface area contributed by atoms with E-state index in [1.165, 1.54) is 6.33 Å². The van der Waals surface area contributed by atoms with Crippen LogP contribution in [0, 0.1) is 5.82 Å². The number of halogens is 2. The third kappa shape index (κ3) is 1.97. The van der Waals surface area contributed by atoms with Gasteiger partial charge in [0.05, 0.1) is 7.11 Å². The van der Waals surface area contributed by atoms with Gasteiger partial charge in [-0.05, 0) is 24.3 Å². The summed E-state index contributed by atoms with van der Waals surface area (Å²) in [4.78, 5) is 7.41. The van der Waals surface area contributed by atoms with E-state index in [0.29, 0.717) is 11.3 Å². The zero-order chi connectivity index (χ0) is 11.5. The lowest BCUT2D eigenvalue weighted by Crippen LogP contribution is -1.92. The first-order chi connectivity index (χ1) is 7.72. The molecule has 0 unspecified atom stereocenters. The van der Waals surface area contributed by atoms with Crippen molar-refractivity contribution >= 4 is 11.6 Å². The van der Waals surface area contributed by atoms with Crippen molar-refractivity contribution in [2.24, 2.45) is 0 Å². The van der Waals surface area contributed by atoms with E-state index < -0.39 is 5.82 Å². The quantitative estimate of drug-likeness (QED) is 0.755. The van der Waals surface area contributed by atoms with Crippen molar-refractivity contribution in [3.63, 3.8) is 0 Å². The van der Waals surface area contributed by atoms with E-state index in [1.807, 2.05) is 0 Å². The zero-order valence-corrected chi connectivity index (χ0v) is 9.20. The Morgan fingerprint density at radius 1 is 1.19 bits per heavy atom. The van der Waals surface area contributed by atoms with Crippen LogP contribution in [0.25, 0.3) is 11.3 Å². The van der Waals surface area contributed by atoms with Crippen LogP contribution in [0.3, 0.4) is 0 Å². The molecule has 0 aliphatic carbocycles. The van der Waals surface area contributed by atoms with Gasteiger partial charge in [-0.15, -0.1) is 0 Å². The average Bonchev–Trinajstić information content (AvgIpc) is 2.33. The molecule has 0 bridgehead atoms. The summed E-state index contributed by atoms with van der Waals surface area (Å²) in [7, 11) is 1.57. The minimum atomic E-state index is -0.616. The molecular formula is C11H8ClFN2O. The van der Waals surface area contributed by atoms with Crippen molar-refractivity contribution in [1.29, 1.82) is 0 Å². The van der Waals surface area contributed by atoms with Gasteiger partial charge in [0, 0.05) is 5.56 Å². The molecule has 3 nitrogen and oxygen atoms in total. The van der Waals surface area contributed by atoms with Crippen LogP contribution in [0.4, 0.5) is 4.39 Å². The molecule has 5 heteroatoms. The number of aromatic nitrogens is 2. The average molecular weight is 239 g/mol. The summed E-state index contributed by atoms with van der Waals surface area (Å²) in [5, 5.41) is -0.180. The monoisotopic (exact) mass is 238 g/mol. The van der Waals surface area contributed by atoms with Gasteiger partial charge in [-0.3, -0.25) is 0 Å². The van der Waals surface area contributed by atoms with Crippen LogP contribution >= 0.6 is 11.6 Å². The maximum absolute atomic E-state index is 13.6. The molecule has 0 aliphatic heterocycles. The van der Waals surface area contributed by atoms with Gasteiger partial charge in [-0.1, -0.05) is 11.6 Å². The van der Waals surface area contributed by atoms with Gasteiger partial charge in [-0.2, -0.15) is 0 Å². The maximum atomic E-state index is 13.6. The highest BCUT2D eigenvalue weighted by atomic mass is 35.5. The molecule has 2 rings (SSSR count). The molecule has 0 radical (unpaired) electrons. The van der Waals surface area contributed by atoms with Crippen molar-refractivity contribution in [2.75, 3.05) is 7.11 Å². The minimum absolute atomic E-state index is 0.180. The molecule has 1 aromatic heterocycles. The maximum Gasteiger partial charge on any atom is 0.186 e. The Bertz CT molecular complexity index is 502. The van der Waals surface area contributed by atoms with Gasteiger partial charge in [0.2, 0.25) is 0 Å². The molecule has 0 atom stereocenters. The molecule has 2 aromatic rings. The van der Waals surface area contributed by atoms with Gasteiger partial charge >= 0.3 is 0 Å². The summed E-state index contributed by atoms with van der Waals surface area (Å²) < 4.78 is 18.6. The standard InChI is InChI=1S/C11H8ClFN2O/c1-16-8-4-2-7(3-5-8)10-9(13)11(12)15-6-14-10/h2-6H,1H3. The lowest BCUT2D eigenvalue weighted by atomic mass is 10.1. The summed E-state index contributed by atoms with van der Waals surface area (Å²) in [6.45, 7) is 0. The fraction of sp³-hybridized carbons (Fsp3) is 0.0909. The second-order valence-electron chi connectivity index (χ2n) is 3.06. The number of ether oxygens (including phenoxy) is 1. The number of benzene rings is 1. The van der Waals surface area contributed by atoms with Gasteiger partial charge in [-0.25, -0.2) is 14.4 Å². The predicted octanol–water partition coefficient (Wildman–Crippen LogP) is 2.94. The van der Waals surface area contributed by atoms with Crippen molar-refractivity contribution in [3.05, 3.63) is 41.6 Å². The Kier molecular flexibility index (Phi) is 3.01. The first-order valence-electron chi connectivity index (χ1n) is 4.53. The molecule has 0 saturated heterocycles. The van der Waals surface area contributed by atoms with Gasteiger partial charge in [0.25, 0.3) is 0 Å². The molecule has 0 amide bonds. The van der Waals surface area contributed by atoms with Crippen LogP contribution in [0.2, 0.25) is 5.15 Å². The van der Waals surface area contributed by atoms with Crippen molar-refractivity contribution < 1.29 is 9.13 Å². The van der Waals surface area contributed by atoms with Gasteiger partial charge in [0.1, 0.15) is 17.8 Å². The minimum Gasteiger partial charge on any atom is -0.497 e. The summed E-state index contributed by atoms with van der Waals surface area (Å²) >= 11 is 5.57. The van der Waals surface area contributed by atoms with E-state index in [1.54, 1.807) is 31.4 Å². The van der Waals surface area contributed by atoms with Crippen LogP contribution in [-0.4, -0.2) is 17.1 Å². The lowest BCUT2D eigenvalue weighted by molar-refractivity contribution is 0.415. The fourth-order valence-corrected chi connectivity index (χ4v) is 1.43.